The molecule has 5 aromatic rings. The Morgan fingerprint density at radius 2 is 1.84 bits per heavy atom. The number of pyridine rings is 2. The molecule has 0 bridgehead atoms. The van der Waals surface area contributed by atoms with Crippen LogP contribution in [-0.2, 0) is 28.7 Å². The number of fused-ring (bicyclic) bond motifs is 2. The molecule has 0 amide bonds. The highest BCUT2D eigenvalue weighted by atomic mass is 28.3. The number of rotatable bonds is 10. The summed E-state index contributed by atoms with van der Waals surface area (Å²) in [6, 6.07) is 7.35. The maximum Gasteiger partial charge on any atom is 0.210 e. The first-order valence-electron chi connectivity index (χ1n) is 15.2. The first-order valence-corrected chi connectivity index (χ1v) is 18.9. The van der Waals surface area contributed by atoms with Gasteiger partial charge in [0.2, 0.25) is 5.95 Å². The molecule has 1 aliphatic rings. The van der Waals surface area contributed by atoms with Crippen molar-refractivity contribution in [1.82, 2.24) is 39.1 Å². The Morgan fingerprint density at radius 3 is 2.57 bits per heavy atom. The number of hydrogen-bond acceptors (Lipinski definition) is 9. The van der Waals surface area contributed by atoms with Crippen LogP contribution in [0.25, 0.3) is 22.2 Å². The van der Waals surface area contributed by atoms with E-state index in [0.29, 0.717) is 36.4 Å². The van der Waals surface area contributed by atoms with E-state index in [2.05, 4.69) is 71.5 Å². The van der Waals surface area contributed by atoms with E-state index in [-0.39, 0.29) is 11.5 Å². The molecule has 13 heteroatoms. The van der Waals surface area contributed by atoms with Crippen molar-refractivity contribution in [2.75, 3.05) is 25.1 Å². The molecule has 1 atom stereocenters. The van der Waals surface area contributed by atoms with Crippen LogP contribution in [0.2, 0.25) is 25.7 Å². The molecule has 1 N–H and O–H groups in total. The van der Waals surface area contributed by atoms with E-state index in [1.807, 2.05) is 35.4 Å². The molecule has 6 heterocycles. The molecule has 0 saturated carbocycles. The Bertz CT molecular complexity index is 1790. The number of aryl methyl sites for hydroxylation is 2. The highest BCUT2D eigenvalue weighted by Crippen LogP contribution is 2.32. The lowest BCUT2D eigenvalue weighted by molar-refractivity contribution is 0.0810. The molecule has 0 aliphatic carbocycles. The lowest BCUT2D eigenvalue weighted by Crippen LogP contribution is -2.22. The van der Waals surface area contributed by atoms with E-state index in [0.717, 1.165) is 59.4 Å². The van der Waals surface area contributed by atoms with E-state index in [4.69, 9.17) is 24.3 Å². The van der Waals surface area contributed by atoms with Crippen LogP contribution in [0.4, 0.5) is 11.8 Å². The predicted molar refractivity (Wildman–Crippen MR) is 174 cm³/mol. The van der Waals surface area contributed by atoms with Crippen LogP contribution in [-0.4, -0.2) is 67.0 Å². The molecule has 0 spiro atoms. The average Bonchev–Trinajstić information content (AvgIpc) is 3.74. The Kier molecular flexibility index (Phi) is 7.97. The van der Waals surface area contributed by atoms with Crippen molar-refractivity contribution in [3.05, 3.63) is 42.0 Å². The second-order valence-corrected chi connectivity index (χ2v) is 19.5. The minimum absolute atomic E-state index is 0.0636. The second kappa shape index (κ2) is 11.6. The monoisotopic (exact) mass is 617 g/mol. The highest BCUT2D eigenvalue weighted by Gasteiger charge is 2.28. The third-order valence-corrected chi connectivity index (χ3v) is 9.60. The maximum atomic E-state index is 6.21. The molecule has 0 radical (unpaired) electrons. The van der Waals surface area contributed by atoms with Gasteiger partial charge in [-0.3, -0.25) is 4.68 Å². The number of hydrogen-bond donors (Lipinski definition) is 1. The van der Waals surface area contributed by atoms with Gasteiger partial charge in [0.05, 0.1) is 36.3 Å². The van der Waals surface area contributed by atoms with Gasteiger partial charge in [-0.2, -0.15) is 15.2 Å². The van der Waals surface area contributed by atoms with Crippen LogP contribution in [0.3, 0.4) is 0 Å². The molecule has 0 unspecified atom stereocenters. The van der Waals surface area contributed by atoms with Gasteiger partial charge >= 0.3 is 0 Å². The van der Waals surface area contributed by atoms with Crippen molar-refractivity contribution < 1.29 is 14.2 Å². The van der Waals surface area contributed by atoms with Crippen LogP contribution in [0.5, 0.6) is 11.5 Å². The molecule has 1 aliphatic heterocycles. The van der Waals surface area contributed by atoms with Crippen LogP contribution in [0, 0.1) is 6.92 Å². The standard InChI is InChI=1S/C31H43N9O3Si/c1-20-24-13-22(17-33-29(24)39(36-20)19-42-11-12-44(6,7)8)43-23-14-25-28(32-16-23)35-30(38(25)5)34-27-15-26(31(2,3)4)40(37-27)21-9-10-41-18-21/h13-17,21H,9-12,18-19H2,1-8H3,(H,32,34,35,37)/t21-/m1/s1. The highest BCUT2D eigenvalue weighted by molar-refractivity contribution is 6.76. The van der Waals surface area contributed by atoms with Crippen molar-refractivity contribution in [3.63, 3.8) is 0 Å². The predicted octanol–water partition coefficient (Wildman–Crippen LogP) is 6.33. The van der Waals surface area contributed by atoms with Gasteiger partial charge in [-0.05, 0) is 25.5 Å². The molecule has 44 heavy (non-hydrogen) atoms. The molecule has 1 fully saturated rings. The summed E-state index contributed by atoms with van der Waals surface area (Å²) >= 11 is 0. The number of ether oxygens (including phenoxy) is 3. The zero-order valence-corrected chi connectivity index (χ0v) is 28.0. The Hall–Kier alpha value is -3.81. The summed E-state index contributed by atoms with van der Waals surface area (Å²) in [6.45, 7) is 18.2. The number of aromatic nitrogens is 8. The number of anilines is 2. The average molecular weight is 618 g/mol. The van der Waals surface area contributed by atoms with Crippen LogP contribution in [0.1, 0.15) is 44.6 Å². The van der Waals surface area contributed by atoms with E-state index < -0.39 is 8.07 Å². The normalized spacial score (nSPS) is 16.0. The number of nitrogens with one attached hydrogen (secondary N) is 1. The van der Waals surface area contributed by atoms with Crippen molar-refractivity contribution in [1.29, 1.82) is 0 Å². The van der Waals surface area contributed by atoms with E-state index in [9.17, 15) is 0 Å². The Morgan fingerprint density at radius 1 is 1.07 bits per heavy atom. The fourth-order valence-electron chi connectivity index (χ4n) is 5.34. The van der Waals surface area contributed by atoms with Crippen LogP contribution in [0.15, 0.2) is 30.6 Å². The summed E-state index contributed by atoms with van der Waals surface area (Å²) in [5, 5.41) is 13.9. The summed E-state index contributed by atoms with van der Waals surface area (Å²) in [4.78, 5) is 14.0. The van der Waals surface area contributed by atoms with Crippen molar-refractivity contribution in [3.8, 4) is 11.5 Å². The number of imidazole rings is 1. The lowest BCUT2D eigenvalue weighted by atomic mass is 9.91. The van der Waals surface area contributed by atoms with Crippen LogP contribution < -0.4 is 10.1 Å². The quantitative estimate of drug-likeness (QED) is 0.142. The first-order chi connectivity index (χ1) is 20.9. The Labute approximate surface area is 258 Å². The minimum atomic E-state index is -1.15. The molecule has 12 nitrogen and oxygen atoms in total. The third-order valence-electron chi connectivity index (χ3n) is 7.90. The van der Waals surface area contributed by atoms with Crippen molar-refractivity contribution in [2.24, 2.45) is 7.05 Å². The van der Waals surface area contributed by atoms with Gasteiger partial charge in [0.1, 0.15) is 18.2 Å². The third kappa shape index (κ3) is 6.35. The van der Waals surface area contributed by atoms with E-state index in [1.165, 1.54) is 0 Å². The van der Waals surface area contributed by atoms with Gasteiger partial charge < -0.3 is 24.1 Å². The second-order valence-electron chi connectivity index (χ2n) is 13.8. The molecule has 1 saturated heterocycles. The lowest BCUT2D eigenvalue weighted by Gasteiger charge is -2.22. The smallest absolute Gasteiger partial charge is 0.210 e. The van der Waals surface area contributed by atoms with Gasteiger partial charge in [-0.25, -0.2) is 14.6 Å². The van der Waals surface area contributed by atoms with Crippen molar-refractivity contribution in [2.45, 2.75) is 78.0 Å². The van der Waals surface area contributed by atoms with Gasteiger partial charge in [0.15, 0.2) is 17.1 Å². The zero-order chi connectivity index (χ0) is 31.2. The van der Waals surface area contributed by atoms with Gasteiger partial charge in [0.25, 0.3) is 0 Å². The zero-order valence-electron chi connectivity index (χ0n) is 27.0. The fraction of sp³-hybridized carbons (Fsp3) is 0.516. The summed E-state index contributed by atoms with van der Waals surface area (Å²) < 4.78 is 23.7. The molecule has 0 aromatic carbocycles. The molecule has 234 valence electrons. The summed E-state index contributed by atoms with van der Waals surface area (Å²) in [5.41, 5.74) is 4.19. The first kappa shape index (κ1) is 30.2. The van der Waals surface area contributed by atoms with E-state index in [1.54, 1.807) is 12.4 Å². The fourth-order valence-corrected chi connectivity index (χ4v) is 6.10. The summed E-state index contributed by atoms with van der Waals surface area (Å²) in [5.74, 6) is 2.59. The van der Waals surface area contributed by atoms with Gasteiger partial charge in [-0.15, -0.1) is 0 Å². The largest absolute Gasteiger partial charge is 0.454 e. The van der Waals surface area contributed by atoms with Crippen LogP contribution >= 0.6 is 0 Å². The molecular formula is C31H43N9O3Si. The topological polar surface area (TPSA) is 119 Å². The van der Waals surface area contributed by atoms with Crippen molar-refractivity contribution >= 4 is 42.0 Å². The van der Waals surface area contributed by atoms with E-state index >= 15 is 0 Å². The number of nitrogens with zero attached hydrogens (tertiary/aromatic N) is 8. The molecular weight excluding hydrogens is 574 g/mol. The SMILES string of the molecule is Cc1nn(COCC[Si](C)(C)C)c2ncc(Oc3cnc4nc(Nc5cc(C(C)(C)C)n([C@@H]6CCOC6)n5)n(C)c4c3)cc12. The summed E-state index contributed by atoms with van der Waals surface area (Å²) in [7, 11) is 0.804. The summed E-state index contributed by atoms with van der Waals surface area (Å²) in [6.07, 6.45) is 4.35. The maximum absolute atomic E-state index is 6.21. The Balaban J connectivity index is 1.19. The van der Waals surface area contributed by atoms with Gasteiger partial charge in [-0.1, -0.05) is 40.4 Å². The molecule has 5 aromatic heterocycles. The molecule has 6 rings (SSSR count). The minimum Gasteiger partial charge on any atom is -0.454 e. The van der Waals surface area contributed by atoms with Gasteiger partial charge in [0, 0.05) is 57.0 Å².